The summed E-state index contributed by atoms with van der Waals surface area (Å²) in [7, 11) is 0. The van der Waals surface area contributed by atoms with E-state index >= 15 is 0 Å². The van der Waals surface area contributed by atoms with E-state index in [1.165, 1.54) is 0 Å². The zero-order valence-electron chi connectivity index (χ0n) is 9.40. The fourth-order valence-corrected chi connectivity index (χ4v) is 1.20. The highest BCUT2D eigenvalue weighted by molar-refractivity contribution is 4.99. The molecule has 16 heavy (non-hydrogen) atoms. The van der Waals surface area contributed by atoms with Gasteiger partial charge in [-0.05, 0) is 19.9 Å². The molecule has 92 valence electrons. The molecular weight excluding hydrogens is 216 g/mol. The van der Waals surface area contributed by atoms with E-state index in [-0.39, 0.29) is 12.6 Å². The van der Waals surface area contributed by atoms with Gasteiger partial charge in [-0.1, -0.05) is 0 Å². The third-order valence-corrected chi connectivity index (χ3v) is 2.14. The number of rotatable bonds is 6. The Morgan fingerprint density at radius 2 is 2.19 bits per heavy atom. The quantitative estimate of drug-likeness (QED) is 0.775. The first kappa shape index (κ1) is 13.1. The van der Waals surface area contributed by atoms with Gasteiger partial charge in [0.25, 0.3) is 6.43 Å². The van der Waals surface area contributed by atoms with Gasteiger partial charge in [-0.25, -0.2) is 8.78 Å². The molecule has 1 unspecified atom stereocenters. The first-order valence-electron chi connectivity index (χ1n) is 5.21. The van der Waals surface area contributed by atoms with Crippen LogP contribution in [0.15, 0.2) is 12.3 Å². The van der Waals surface area contributed by atoms with Crippen molar-refractivity contribution in [1.29, 1.82) is 0 Å². The standard InChI is InChI=1S/C10H17F2N3O/c1-7(2)15-4-3-8(14-15)5-13-6-9(16)10(11)12/h3-4,7,9-10,13,16H,5-6H2,1-2H3. The van der Waals surface area contributed by atoms with Crippen LogP contribution in [0.2, 0.25) is 0 Å². The Labute approximate surface area is 93.3 Å². The molecule has 4 nitrogen and oxygen atoms in total. The lowest BCUT2D eigenvalue weighted by Gasteiger charge is -2.09. The van der Waals surface area contributed by atoms with Crippen LogP contribution in [-0.4, -0.2) is 34.0 Å². The summed E-state index contributed by atoms with van der Waals surface area (Å²) in [5, 5.41) is 15.8. The third-order valence-electron chi connectivity index (χ3n) is 2.14. The van der Waals surface area contributed by atoms with E-state index in [1.807, 2.05) is 26.1 Å². The van der Waals surface area contributed by atoms with Gasteiger partial charge in [-0.2, -0.15) is 5.10 Å². The zero-order valence-corrected chi connectivity index (χ0v) is 9.40. The van der Waals surface area contributed by atoms with Crippen LogP contribution < -0.4 is 5.32 Å². The normalized spacial score (nSPS) is 13.7. The lowest BCUT2D eigenvalue weighted by molar-refractivity contribution is -0.00344. The van der Waals surface area contributed by atoms with Gasteiger partial charge in [-0.3, -0.25) is 4.68 Å². The topological polar surface area (TPSA) is 50.1 Å². The van der Waals surface area contributed by atoms with Gasteiger partial charge in [0.1, 0.15) is 6.10 Å². The van der Waals surface area contributed by atoms with Crippen LogP contribution >= 0.6 is 0 Å². The lowest BCUT2D eigenvalue weighted by atomic mass is 10.3. The van der Waals surface area contributed by atoms with Crippen LogP contribution in [0, 0.1) is 0 Å². The molecule has 0 radical (unpaired) electrons. The maximum Gasteiger partial charge on any atom is 0.265 e. The highest BCUT2D eigenvalue weighted by Crippen LogP contribution is 2.04. The SMILES string of the molecule is CC(C)n1ccc(CNCC(O)C(F)F)n1. The first-order valence-corrected chi connectivity index (χ1v) is 5.21. The molecule has 1 heterocycles. The number of aliphatic hydroxyl groups excluding tert-OH is 1. The largest absolute Gasteiger partial charge is 0.386 e. The summed E-state index contributed by atoms with van der Waals surface area (Å²) >= 11 is 0. The average Bonchev–Trinajstić information content (AvgIpc) is 2.66. The molecule has 6 heteroatoms. The molecule has 2 N–H and O–H groups in total. The van der Waals surface area contributed by atoms with E-state index in [0.29, 0.717) is 6.54 Å². The summed E-state index contributed by atoms with van der Waals surface area (Å²) in [4.78, 5) is 0. The number of nitrogens with one attached hydrogen (secondary N) is 1. The molecule has 1 atom stereocenters. The number of halogens is 2. The molecule has 1 rings (SSSR count). The van der Waals surface area contributed by atoms with Gasteiger partial charge in [-0.15, -0.1) is 0 Å². The second-order valence-electron chi connectivity index (χ2n) is 3.91. The number of aromatic nitrogens is 2. The second kappa shape index (κ2) is 5.91. The van der Waals surface area contributed by atoms with Crippen LogP contribution in [0.4, 0.5) is 8.78 Å². The van der Waals surface area contributed by atoms with E-state index < -0.39 is 12.5 Å². The Balaban J connectivity index is 2.32. The van der Waals surface area contributed by atoms with Gasteiger partial charge in [0.05, 0.1) is 5.69 Å². The van der Waals surface area contributed by atoms with Crippen LogP contribution in [0.5, 0.6) is 0 Å². The molecule has 0 amide bonds. The van der Waals surface area contributed by atoms with Crippen molar-refractivity contribution in [2.75, 3.05) is 6.54 Å². The summed E-state index contributed by atoms with van der Waals surface area (Å²) in [6, 6.07) is 2.10. The van der Waals surface area contributed by atoms with Crippen molar-refractivity contribution >= 4 is 0 Å². The van der Waals surface area contributed by atoms with Gasteiger partial charge < -0.3 is 10.4 Å². The van der Waals surface area contributed by atoms with E-state index in [4.69, 9.17) is 5.11 Å². The maximum atomic E-state index is 12.0. The van der Waals surface area contributed by atoms with Crippen LogP contribution in [0.3, 0.4) is 0 Å². The van der Waals surface area contributed by atoms with Gasteiger partial charge >= 0.3 is 0 Å². The van der Waals surface area contributed by atoms with Crippen molar-refractivity contribution in [2.24, 2.45) is 0 Å². The predicted molar refractivity (Wildman–Crippen MR) is 56.3 cm³/mol. The zero-order chi connectivity index (χ0) is 12.1. The second-order valence-corrected chi connectivity index (χ2v) is 3.91. The molecule has 0 saturated carbocycles. The Kier molecular flexibility index (Phi) is 4.82. The third kappa shape index (κ3) is 3.86. The van der Waals surface area contributed by atoms with Crippen molar-refractivity contribution in [2.45, 2.75) is 39.0 Å². The van der Waals surface area contributed by atoms with E-state index in [1.54, 1.807) is 4.68 Å². The van der Waals surface area contributed by atoms with Crippen molar-refractivity contribution < 1.29 is 13.9 Å². The van der Waals surface area contributed by atoms with Crippen molar-refractivity contribution in [3.05, 3.63) is 18.0 Å². The molecular formula is C10H17F2N3O. The summed E-state index contributed by atoms with van der Waals surface area (Å²) < 4.78 is 25.7. The number of hydrogen-bond acceptors (Lipinski definition) is 3. The predicted octanol–water partition coefficient (Wildman–Crippen LogP) is 1.18. The van der Waals surface area contributed by atoms with E-state index in [0.717, 1.165) is 5.69 Å². The Bertz CT molecular complexity index is 315. The minimum Gasteiger partial charge on any atom is -0.386 e. The number of nitrogens with zero attached hydrogens (tertiary/aromatic N) is 2. The van der Waals surface area contributed by atoms with E-state index in [2.05, 4.69) is 10.4 Å². The molecule has 0 spiro atoms. The summed E-state index contributed by atoms with van der Waals surface area (Å²) in [5.41, 5.74) is 0.773. The minimum atomic E-state index is -2.71. The Morgan fingerprint density at radius 3 is 2.69 bits per heavy atom. The van der Waals surface area contributed by atoms with Crippen molar-refractivity contribution in [3.63, 3.8) is 0 Å². The fourth-order valence-electron chi connectivity index (χ4n) is 1.20. The van der Waals surface area contributed by atoms with Gasteiger partial charge in [0.15, 0.2) is 0 Å². The Hall–Kier alpha value is -1.01. The molecule has 1 aromatic heterocycles. The van der Waals surface area contributed by atoms with Crippen LogP contribution in [0.1, 0.15) is 25.6 Å². The first-order chi connectivity index (χ1) is 7.50. The molecule has 0 saturated heterocycles. The molecule has 0 aliphatic carbocycles. The highest BCUT2D eigenvalue weighted by Gasteiger charge is 2.15. The summed E-state index contributed by atoms with van der Waals surface area (Å²) in [5.74, 6) is 0. The van der Waals surface area contributed by atoms with Crippen LogP contribution in [-0.2, 0) is 6.54 Å². The molecule has 0 fully saturated rings. The molecule has 1 aromatic rings. The molecule has 0 aliphatic heterocycles. The number of hydrogen-bond donors (Lipinski definition) is 2. The van der Waals surface area contributed by atoms with Crippen LogP contribution in [0.25, 0.3) is 0 Å². The minimum absolute atomic E-state index is 0.133. The molecule has 0 aliphatic rings. The average molecular weight is 233 g/mol. The smallest absolute Gasteiger partial charge is 0.265 e. The highest BCUT2D eigenvalue weighted by atomic mass is 19.3. The summed E-state index contributed by atoms with van der Waals surface area (Å²) in [6.45, 7) is 4.26. The lowest BCUT2D eigenvalue weighted by Crippen LogP contribution is -2.31. The Morgan fingerprint density at radius 1 is 1.50 bits per heavy atom. The van der Waals surface area contributed by atoms with Gasteiger partial charge in [0, 0.05) is 25.3 Å². The number of aliphatic hydroxyl groups is 1. The monoisotopic (exact) mass is 233 g/mol. The maximum absolute atomic E-state index is 12.0. The van der Waals surface area contributed by atoms with Gasteiger partial charge in [0.2, 0.25) is 0 Å². The fraction of sp³-hybridized carbons (Fsp3) is 0.700. The molecule has 0 bridgehead atoms. The van der Waals surface area contributed by atoms with E-state index in [9.17, 15) is 8.78 Å². The summed E-state index contributed by atoms with van der Waals surface area (Å²) in [6.07, 6.45) is -2.49. The molecule has 0 aromatic carbocycles. The number of alkyl halides is 2. The van der Waals surface area contributed by atoms with Crippen molar-refractivity contribution in [1.82, 2.24) is 15.1 Å². The van der Waals surface area contributed by atoms with Crippen molar-refractivity contribution in [3.8, 4) is 0 Å².